The molecule has 2 saturated carbocycles. The fourth-order valence-corrected chi connectivity index (χ4v) is 3.56. The van der Waals surface area contributed by atoms with E-state index >= 15 is 0 Å². The largest absolute Gasteiger partial charge is 0.573 e. The van der Waals surface area contributed by atoms with Crippen LogP contribution in [0.2, 0.25) is 0 Å². The van der Waals surface area contributed by atoms with Gasteiger partial charge < -0.3 is 14.6 Å². The topological polar surface area (TPSA) is 69.0 Å². The van der Waals surface area contributed by atoms with Crippen LogP contribution in [0.15, 0.2) is 29.4 Å². The third-order valence-corrected chi connectivity index (χ3v) is 5.19. The molecule has 2 aliphatic carbocycles. The van der Waals surface area contributed by atoms with Gasteiger partial charge in [0.25, 0.3) is 0 Å². The summed E-state index contributed by atoms with van der Waals surface area (Å²) in [6.45, 7) is 0. The minimum Gasteiger partial charge on any atom is -0.406 e. The molecular weight excluding hydrogens is 381 g/mol. The summed E-state index contributed by atoms with van der Waals surface area (Å²) in [5.74, 6) is 1.08. The van der Waals surface area contributed by atoms with Gasteiger partial charge in [-0.15, -0.1) is 23.4 Å². The number of aromatic nitrogens is 3. The third-order valence-electron chi connectivity index (χ3n) is 4.25. The van der Waals surface area contributed by atoms with Crippen molar-refractivity contribution < 1.29 is 22.7 Å². The Balaban J connectivity index is 1.32. The number of nitrogens with zero attached hydrogens (tertiary/aromatic N) is 3. The molecule has 0 spiro atoms. The highest BCUT2D eigenvalue weighted by Gasteiger charge is 2.36. The van der Waals surface area contributed by atoms with E-state index in [1.165, 1.54) is 23.9 Å². The lowest BCUT2D eigenvalue weighted by Crippen LogP contribution is -2.17. The van der Waals surface area contributed by atoms with Crippen LogP contribution in [-0.4, -0.2) is 32.8 Å². The minimum atomic E-state index is -4.74. The number of alkyl halides is 3. The van der Waals surface area contributed by atoms with Crippen molar-refractivity contribution in [1.82, 2.24) is 14.8 Å². The van der Waals surface area contributed by atoms with Crippen molar-refractivity contribution in [3.05, 3.63) is 30.1 Å². The number of ether oxygens (including phenoxy) is 1. The lowest BCUT2D eigenvalue weighted by Gasteiger charge is -2.10. The summed E-state index contributed by atoms with van der Waals surface area (Å²) in [5.41, 5.74) is 0.400. The second kappa shape index (κ2) is 7.06. The summed E-state index contributed by atoms with van der Waals surface area (Å²) in [7, 11) is 0. The number of thioether (sulfide) groups is 1. The average Bonchev–Trinajstić information content (AvgIpc) is 3.52. The molecule has 0 aliphatic heterocycles. The van der Waals surface area contributed by atoms with E-state index < -0.39 is 6.36 Å². The highest BCUT2D eigenvalue weighted by atomic mass is 32.2. The molecule has 1 heterocycles. The standard InChI is InChI=1S/C17H17F3N4O2S/c18-17(19,20)26-13-7-3-11(4-8-13)21-14(25)9-27-16-23-22-15(10-1-2-10)24(16)12-5-6-12/h3-4,7-8,10,12H,1-2,5-6,9H2,(H,21,25). The number of carbonyl (C=O) groups is 1. The number of halogens is 3. The molecule has 1 N–H and O–H groups in total. The normalized spacial score (nSPS) is 17.0. The van der Waals surface area contributed by atoms with Gasteiger partial charge in [-0.2, -0.15) is 0 Å². The van der Waals surface area contributed by atoms with Gasteiger partial charge in [0.2, 0.25) is 5.91 Å². The van der Waals surface area contributed by atoms with Crippen LogP contribution < -0.4 is 10.1 Å². The maximum Gasteiger partial charge on any atom is 0.573 e. The second-order valence-corrected chi connectivity index (χ2v) is 7.57. The predicted molar refractivity (Wildman–Crippen MR) is 92.7 cm³/mol. The van der Waals surface area contributed by atoms with Crippen LogP contribution in [0.1, 0.15) is 43.5 Å². The summed E-state index contributed by atoms with van der Waals surface area (Å²) in [4.78, 5) is 12.1. The van der Waals surface area contributed by atoms with Crippen molar-refractivity contribution in [2.45, 2.75) is 49.2 Å². The molecule has 0 radical (unpaired) electrons. The summed E-state index contributed by atoms with van der Waals surface area (Å²) in [6.07, 6.45) is -0.222. The molecule has 2 aromatic rings. The first-order valence-electron chi connectivity index (χ1n) is 8.62. The van der Waals surface area contributed by atoms with Crippen molar-refractivity contribution in [2.24, 2.45) is 0 Å². The number of anilines is 1. The first kappa shape index (κ1) is 18.1. The van der Waals surface area contributed by atoms with Gasteiger partial charge in [0.1, 0.15) is 11.6 Å². The van der Waals surface area contributed by atoms with E-state index in [-0.39, 0.29) is 17.4 Å². The lowest BCUT2D eigenvalue weighted by atomic mass is 10.3. The highest BCUT2D eigenvalue weighted by molar-refractivity contribution is 7.99. The van der Waals surface area contributed by atoms with Crippen molar-refractivity contribution >= 4 is 23.4 Å². The van der Waals surface area contributed by atoms with Crippen molar-refractivity contribution in [2.75, 3.05) is 11.1 Å². The number of carbonyl (C=O) groups excluding carboxylic acids is 1. The Labute approximate surface area is 157 Å². The van der Waals surface area contributed by atoms with Gasteiger partial charge >= 0.3 is 6.36 Å². The smallest absolute Gasteiger partial charge is 0.406 e. The van der Waals surface area contributed by atoms with Crippen LogP contribution in [0.3, 0.4) is 0 Å². The van der Waals surface area contributed by atoms with Crippen molar-refractivity contribution in [1.29, 1.82) is 0 Å². The third kappa shape index (κ3) is 4.74. The van der Waals surface area contributed by atoms with Crippen LogP contribution in [0.5, 0.6) is 5.75 Å². The Kier molecular flexibility index (Phi) is 4.75. The minimum absolute atomic E-state index is 0.149. The maximum absolute atomic E-state index is 12.2. The fraction of sp³-hybridized carbons (Fsp3) is 0.471. The molecule has 144 valence electrons. The van der Waals surface area contributed by atoms with Gasteiger partial charge in [0.05, 0.1) is 5.75 Å². The van der Waals surface area contributed by atoms with E-state index in [9.17, 15) is 18.0 Å². The monoisotopic (exact) mass is 398 g/mol. The SMILES string of the molecule is O=C(CSc1nnc(C2CC2)n1C1CC1)Nc1ccc(OC(F)(F)F)cc1. The Morgan fingerprint density at radius 3 is 2.48 bits per heavy atom. The molecule has 4 rings (SSSR count). The molecule has 1 aromatic carbocycles. The first-order chi connectivity index (χ1) is 12.9. The van der Waals surface area contributed by atoms with Crippen LogP contribution >= 0.6 is 11.8 Å². The van der Waals surface area contributed by atoms with Crippen molar-refractivity contribution in [3.8, 4) is 5.75 Å². The molecule has 27 heavy (non-hydrogen) atoms. The molecule has 2 aliphatic rings. The lowest BCUT2D eigenvalue weighted by molar-refractivity contribution is -0.274. The first-order valence-corrected chi connectivity index (χ1v) is 9.61. The number of benzene rings is 1. The van der Waals surface area contributed by atoms with Crippen LogP contribution in [-0.2, 0) is 4.79 Å². The van der Waals surface area contributed by atoms with Gasteiger partial charge in [0, 0.05) is 17.6 Å². The van der Waals surface area contributed by atoms with E-state index in [0.29, 0.717) is 17.6 Å². The second-order valence-electron chi connectivity index (χ2n) is 6.63. The number of hydrogen-bond donors (Lipinski definition) is 1. The van der Waals surface area contributed by atoms with E-state index in [4.69, 9.17) is 0 Å². The van der Waals surface area contributed by atoms with E-state index in [0.717, 1.165) is 48.8 Å². The highest BCUT2D eigenvalue weighted by Crippen LogP contribution is 2.46. The van der Waals surface area contributed by atoms with Crippen LogP contribution in [0.25, 0.3) is 0 Å². The zero-order valence-electron chi connectivity index (χ0n) is 14.2. The van der Waals surface area contributed by atoms with Gasteiger partial charge in [-0.3, -0.25) is 4.79 Å². The Morgan fingerprint density at radius 2 is 1.89 bits per heavy atom. The zero-order chi connectivity index (χ0) is 19.0. The molecule has 6 nitrogen and oxygen atoms in total. The average molecular weight is 398 g/mol. The van der Waals surface area contributed by atoms with Crippen LogP contribution in [0.4, 0.5) is 18.9 Å². The zero-order valence-corrected chi connectivity index (χ0v) is 15.0. The number of amides is 1. The molecule has 1 amide bonds. The quantitative estimate of drug-likeness (QED) is 0.711. The van der Waals surface area contributed by atoms with Gasteiger partial charge in [-0.05, 0) is 49.9 Å². The van der Waals surface area contributed by atoms with Gasteiger partial charge in [-0.25, -0.2) is 0 Å². The summed E-state index contributed by atoms with van der Waals surface area (Å²) in [6, 6.07) is 5.48. The molecule has 0 unspecified atom stereocenters. The molecule has 0 bridgehead atoms. The molecular formula is C17H17F3N4O2S. The van der Waals surface area contributed by atoms with E-state index in [1.807, 2.05) is 0 Å². The van der Waals surface area contributed by atoms with Crippen molar-refractivity contribution in [3.63, 3.8) is 0 Å². The molecule has 0 atom stereocenters. The Morgan fingerprint density at radius 1 is 1.19 bits per heavy atom. The molecule has 2 fully saturated rings. The summed E-state index contributed by atoms with van der Waals surface area (Å²) < 4.78 is 42.4. The molecule has 1 aromatic heterocycles. The summed E-state index contributed by atoms with van der Waals surface area (Å²) >= 11 is 1.32. The Bertz CT molecular complexity index is 830. The van der Waals surface area contributed by atoms with E-state index in [2.05, 4.69) is 24.8 Å². The molecule has 10 heteroatoms. The summed E-state index contributed by atoms with van der Waals surface area (Å²) in [5, 5.41) is 11.9. The number of rotatable bonds is 7. The van der Waals surface area contributed by atoms with Gasteiger partial charge in [0.15, 0.2) is 5.16 Å². The van der Waals surface area contributed by atoms with E-state index in [1.54, 1.807) is 0 Å². The van der Waals surface area contributed by atoms with Crippen LogP contribution in [0, 0.1) is 0 Å². The van der Waals surface area contributed by atoms with Gasteiger partial charge in [-0.1, -0.05) is 11.8 Å². The predicted octanol–water partition coefficient (Wildman–Crippen LogP) is 4.12. The fourth-order valence-electron chi connectivity index (χ4n) is 2.75. The number of nitrogens with one attached hydrogen (secondary N) is 1. The molecule has 0 saturated heterocycles. The maximum atomic E-state index is 12.2. The Hall–Kier alpha value is -2.23. The number of hydrogen-bond acceptors (Lipinski definition) is 5.